The maximum Gasteiger partial charge on any atom is 0.277 e. The van der Waals surface area contributed by atoms with Crippen LogP contribution in [-0.2, 0) is 4.79 Å². The molecule has 6 nitrogen and oxygen atoms in total. The third-order valence-corrected chi connectivity index (χ3v) is 3.80. The highest BCUT2D eigenvalue weighted by Gasteiger charge is 2.09. The number of aryl methyl sites for hydroxylation is 2. The molecule has 0 spiro atoms. The number of rotatable bonds is 7. The van der Waals surface area contributed by atoms with E-state index in [0.717, 1.165) is 11.1 Å². The van der Waals surface area contributed by atoms with Crippen LogP contribution in [0.4, 0.5) is 0 Å². The van der Waals surface area contributed by atoms with Gasteiger partial charge < -0.3 is 14.6 Å². The van der Waals surface area contributed by atoms with Crippen molar-refractivity contribution in [3.63, 3.8) is 0 Å². The van der Waals surface area contributed by atoms with Gasteiger partial charge in [-0.15, -0.1) is 0 Å². The summed E-state index contributed by atoms with van der Waals surface area (Å²) in [7, 11) is 0. The Morgan fingerprint density at radius 3 is 2.62 bits per heavy atom. The molecule has 138 valence electrons. The molecule has 0 aliphatic rings. The summed E-state index contributed by atoms with van der Waals surface area (Å²) in [6.07, 6.45) is 1.41. The maximum absolute atomic E-state index is 11.9. The van der Waals surface area contributed by atoms with Crippen molar-refractivity contribution in [3.8, 4) is 17.2 Å². The molecule has 0 aliphatic carbocycles. The lowest BCUT2D eigenvalue weighted by atomic mass is 10.1. The van der Waals surface area contributed by atoms with Crippen LogP contribution >= 0.6 is 11.6 Å². The molecule has 2 rings (SSSR count). The molecule has 0 saturated heterocycles. The number of para-hydroxylation sites is 1. The highest BCUT2D eigenvalue weighted by Crippen LogP contribution is 2.34. The number of halogens is 1. The lowest BCUT2D eigenvalue weighted by Gasteiger charge is -2.10. The molecule has 0 fully saturated rings. The number of hydrogen-bond donors (Lipinski definition) is 2. The quantitative estimate of drug-likeness (QED) is 0.571. The maximum atomic E-state index is 11.9. The lowest BCUT2D eigenvalue weighted by molar-refractivity contribution is -0.123. The fourth-order valence-electron chi connectivity index (χ4n) is 2.31. The standard InChI is InChI=1S/C19H21ClN2O4/c1-4-25-16-9-14(8-15(20)18(16)24)10-21-22-17(23)11-26-19-12(2)6-5-7-13(19)3/h5-10,24H,4,11H2,1-3H3,(H,22,23)/b21-10-. The van der Waals surface area contributed by atoms with Gasteiger partial charge >= 0.3 is 0 Å². The Hall–Kier alpha value is -2.73. The number of phenols is 1. The Morgan fingerprint density at radius 1 is 1.27 bits per heavy atom. The number of amides is 1. The van der Waals surface area contributed by atoms with Gasteiger partial charge in [0, 0.05) is 0 Å². The first kappa shape index (κ1) is 19.6. The second kappa shape index (κ2) is 9.10. The summed E-state index contributed by atoms with van der Waals surface area (Å²) < 4.78 is 10.8. The van der Waals surface area contributed by atoms with Crippen LogP contribution in [0.25, 0.3) is 0 Å². The molecule has 0 bridgehead atoms. The predicted octanol–water partition coefficient (Wildman–Crippen LogP) is 3.59. The van der Waals surface area contributed by atoms with E-state index in [1.807, 2.05) is 32.0 Å². The van der Waals surface area contributed by atoms with Gasteiger partial charge in [-0.1, -0.05) is 29.8 Å². The Morgan fingerprint density at radius 2 is 1.96 bits per heavy atom. The number of nitrogens with zero attached hydrogens (tertiary/aromatic N) is 1. The fourth-order valence-corrected chi connectivity index (χ4v) is 2.53. The van der Waals surface area contributed by atoms with Crippen molar-refractivity contribution in [2.45, 2.75) is 20.8 Å². The Bertz CT molecular complexity index is 801. The number of benzene rings is 2. The van der Waals surface area contributed by atoms with Gasteiger partial charge in [-0.2, -0.15) is 5.10 Å². The monoisotopic (exact) mass is 376 g/mol. The molecule has 0 saturated carbocycles. The number of phenolic OH excluding ortho intramolecular Hbond substituents is 1. The van der Waals surface area contributed by atoms with E-state index >= 15 is 0 Å². The number of hydrazone groups is 1. The zero-order valence-corrected chi connectivity index (χ0v) is 15.6. The molecule has 1 amide bonds. The smallest absolute Gasteiger partial charge is 0.277 e. The topological polar surface area (TPSA) is 80.2 Å². The van der Waals surface area contributed by atoms with E-state index in [9.17, 15) is 9.90 Å². The summed E-state index contributed by atoms with van der Waals surface area (Å²) >= 11 is 5.94. The van der Waals surface area contributed by atoms with Gasteiger partial charge in [0.15, 0.2) is 18.1 Å². The molecular formula is C19H21ClN2O4. The molecule has 2 N–H and O–H groups in total. The average Bonchev–Trinajstić information content (AvgIpc) is 2.59. The predicted molar refractivity (Wildman–Crippen MR) is 101 cm³/mol. The minimum Gasteiger partial charge on any atom is -0.503 e. The summed E-state index contributed by atoms with van der Waals surface area (Å²) in [5.74, 6) is 0.431. The van der Waals surface area contributed by atoms with Gasteiger partial charge in [0.05, 0.1) is 17.8 Å². The summed E-state index contributed by atoms with van der Waals surface area (Å²) in [4.78, 5) is 11.9. The van der Waals surface area contributed by atoms with E-state index in [1.165, 1.54) is 12.3 Å². The zero-order chi connectivity index (χ0) is 19.1. The summed E-state index contributed by atoms with van der Waals surface area (Å²) in [5.41, 5.74) is 4.88. The number of carbonyl (C=O) groups excluding carboxylic acids is 1. The number of aromatic hydroxyl groups is 1. The van der Waals surface area contributed by atoms with Crippen molar-refractivity contribution in [2.24, 2.45) is 5.10 Å². The average molecular weight is 377 g/mol. The molecule has 0 unspecified atom stereocenters. The van der Waals surface area contributed by atoms with Gasteiger partial charge in [-0.3, -0.25) is 4.79 Å². The van der Waals surface area contributed by atoms with Crippen LogP contribution in [0.15, 0.2) is 35.4 Å². The largest absolute Gasteiger partial charge is 0.503 e. The molecule has 7 heteroatoms. The molecular weight excluding hydrogens is 356 g/mol. The second-order valence-electron chi connectivity index (χ2n) is 5.59. The van der Waals surface area contributed by atoms with Gasteiger partial charge in [0.1, 0.15) is 5.75 Å². The van der Waals surface area contributed by atoms with E-state index in [-0.39, 0.29) is 29.0 Å². The molecule has 26 heavy (non-hydrogen) atoms. The molecule has 0 atom stereocenters. The third kappa shape index (κ3) is 5.13. The van der Waals surface area contributed by atoms with Crippen LogP contribution < -0.4 is 14.9 Å². The van der Waals surface area contributed by atoms with Crippen molar-refractivity contribution in [1.82, 2.24) is 5.43 Å². The van der Waals surface area contributed by atoms with Gasteiger partial charge in [-0.25, -0.2) is 5.43 Å². The first-order chi connectivity index (χ1) is 12.4. The number of hydrogen-bond acceptors (Lipinski definition) is 5. The molecule has 2 aromatic carbocycles. The highest BCUT2D eigenvalue weighted by atomic mass is 35.5. The van der Waals surface area contributed by atoms with Crippen molar-refractivity contribution in [1.29, 1.82) is 0 Å². The van der Waals surface area contributed by atoms with E-state index in [1.54, 1.807) is 13.0 Å². The Balaban J connectivity index is 1.95. The minimum absolute atomic E-state index is 0.128. The van der Waals surface area contributed by atoms with E-state index in [0.29, 0.717) is 17.9 Å². The highest BCUT2D eigenvalue weighted by molar-refractivity contribution is 6.32. The van der Waals surface area contributed by atoms with Crippen molar-refractivity contribution < 1.29 is 19.4 Å². The van der Waals surface area contributed by atoms with Gasteiger partial charge in [0.2, 0.25) is 0 Å². The van der Waals surface area contributed by atoms with E-state index < -0.39 is 0 Å². The third-order valence-electron chi connectivity index (χ3n) is 3.51. The van der Waals surface area contributed by atoms with Crippen molar-refractivity contribution in [2.75, 3.05) is 13.2 Å². The first-order valence-electron chi connectivity index (χ1n) is 8.08. The van der Waals surface area contributed by atoms with Crippen LogP contribution in [0.3, 0.4) is 0 Å². The first-order valence-corrected chi connectivity index (χ1v) is 8.46. The van der Waals surface area contributed by atoms with Crippen LogP contribution in [0.5, 0.6) is 17.2 Å². The number of carbonyl (C=O) groups is 1. The van der Waals surface area contributed by atoms with Crippen LogP contribution in [0.2, 0.25) is 5.02 Å². The van der Waals surface area contributed by atoms with Crippen LogP contribution in [0.1, 0.15) is 23.6 Å². The SMILES string of the molecule is CCOc1cc(/C=N\NC(=O)COc2c(C)cccc2C)cc(Cl)c1O. The summed E-state index contributed by atoms with van der Waals surface area (Å²) in [6, 6.07) is 8.86. The van der Waals surface area contributed by atoms with Crippen molar-refractivity contribution in [3.05, 3.63) is 52.0 Å². The fraction of sp³-hybridized carbons (Fsp3) is 0.263. The van der Waals surface area contributed by atoms with Gasteiger partial charge in [-0.05, 0) is 49.6 Å². The zero-order valence-electron chi connectivity index (χ0n) is 14.9. The lowest BCUT2D eigenvalue weighted by Crippen LogP contribution is -2.25. The number of nitrogens with one attached hydrogen (secondary N) is 1. The molecule has 2 aromatic rings. The van der Waals surface area contributed by atoms with E-state index in [4.69, 9.17) is 21.1 Å². The van der Waals surface area contributed by atoms with Crippen LogP contribution in [-0.4, -0.2) is 30.4 Å². The number of ether oxygens (including phenoxy) is 2. The second-order valence-corrected chi connectivity index (χ2v) is 5.99. The van der Waals surface area contributed by atoms with Crippen molar-refractivity contribution >= 4 is 23.7 Å². The summed E-state index contributed by atoms with van der Waals surface area (Å²) in [5, 5.41) is 13.8. The van der Waals surface area contributed by atoms with E-state index in [2.05, 4.69) is 10.5 Å². The van der Waals surface area contributed by atoms with Crippen LogP contribution in [0, 0.1) is 13.8 Å². The minimum atomic E-state index is -0.390. The molecule has 0 radical (unpaired) electrons. The normalized spacial score (nSPS) is 10.8. The Kier molecular flexibility index (Phi) is 6.86. The van der Waals surface area contributed by atoms with Gasteiger partial charge in [0.25, 0.3) is 5.91 Å². The molecule has 0 aliphatic heterocycles. The summed E-state index contributed by atoms with van der Waals surface area (Å²) in [6.45, 7) is 5.87. The Labute approximate surface area is 157 Å². The molecule has 0 aromatic heterocycles. The molecule has 0 heterocycles.